The fraction of sp³-hybridized carbons (Fsp3) is 0.474. The van der Waals surface area contributed by atoms with E-state index >= 15 is 0 Å². The Morgan fingerprint density at radius 1 is 1.08 bits per heavy atom. The van der Waals surface area contributed by atoms with Crippen molar-refractivity contribution in [1.29, 1.82) is 0 Å². The lowest BCUT2D eigenvalue weighted by molar-refractivity contribution is -0.169. The SMILES string of the molecule is Cc1nc(NCc2ccccc2)cc(N2CCC3(CC2)OCCO3)n1. The van der Waals surface area contributed by atoms with Crippen LogP contribution in [0.2, 0.25) is 0 Å². The van der Waals surface area contributed by atoms with Gasteiger partial charge in [-0.25, -0.2) is 9.97 Å². The summed E-state index contributed by atoms with van der Waals surface area (Å²) in [6.07, 6.45) is 1.76. The molecule has 2 saturated heterocycles. The molecule has 0 amide bonds. The number of anilines is 2. The zero-order valence-corrected chi connectivity index (χ0v) is 14.6. The summed E-state index contributed by atoms with van der Waals surface area (Å²) in [5, 5.41) is 3.40. The van der Waals surface area contributed by atoms with Gasteiger partial charge in [-0.05, 0) is 12.5 Å². The van der Waals surface area contributed by atoms with Gasteiger partial charge in [0.2, 0.25) is 0 Å². The molecule has 25 heavy (non-hydrogen) atoms. The molecule has 132 valence electrons. The summed E-state index contributed by atoms with van der Waals surface area (Å²) in [4.78, 5) is 11.4. The van der Waals surface area contributed by atoms with Crippen LogP contribution in [0.25, 0.3) is 0 Å². The molecule has 6 nitrogen and oxygen atoms in total. The molecule has 0 unspecified atom stereocenters. The summed E-state index contributed by atoms with van der Waals surface area (Å²) in [6, 6.07) is 12.4. The monoisotopic (exact) mass is 340 g/mol. The summed E-state index contributed by atoms with van der Waals surface area (Å²) in [5.74, 6) is 2.25. The molecule has 0 bridgehead atoms. The van der Waals surface area contributed by atoms with Crippen LogP contribution in [-0.2, 0) is 16.0 Å². The highest BCUT2D eigenvalue weighted by Gasteiger charge is 2.40. The fourth-order valence-corrected chi connectivity index (χ4v) is 3.46. The van der Waals surface area contributed by atoms with E-state index in [-0.39, 0.29) is 5.79 Å². The molecule has 0 radical (unpaired) electrons. The number of aryl methyl sites for hydroxylation is 1. The minimum absolute atomic E-state index is 0.354. The fourth-order valence-electron chi connectivity index (χ4n) is 3.46. The first kappa shape index (κ1) is 16.3. The van der Waals surface area contributed by atoms with Crippen LogP contribution in [0.5, 0.6) is 0 Å². The molecule has 1 N–H and O–H groups in total. The quantitative estimate of drug-likeness (QED) is 0.923. The van der Waals surface area contributed by atoms with E-state index < -0.39 is 0 Å². The van der Waals surface area contributed by atoms with E-state index in [0.717, 1.165) is 49.9 Å². The number of ether oxygens (including phenoxy) is 2. The number of hydrogen-bond acceptors (Lipinski definition) is 6. The van der Waals surface area contributed by atoms with E-state index in [0.29, 0.717) is 13.2 Å². The van der Waals surface area contributed by atoms with E-state index in [1.165, 1.54) is 5.56 Å². The molecule has 1 aromatic carbocycles. The zero-order chi connectivity index (χ0) is 17.1. The second-order valence-electron chi connectivity index (χ2n) is 6.59. The highest BCUT2D eigenvalue weighted by molar-refractivity contribution is 5.50. The maximum absolute atomic E-state index is 5.81. The molecule has 2 aliphatic rings. The van der Waals surface area contributed by atoms with Crippen LogP contribution in [0.15, 0.2) is 36.4 Å². The van der Waals surface area contributed by atoms with Gasteiger partial charge in [-0.3, -0.25) is 0 Å². The van der Waals surface area contributed by atoms with Crippen LogP contribution >= 0.6 is 0 Å². The zero-order valence-electron chi connectivity index (χ0n) is 14.6. The van der Waals surface area contributed by atoms with Crippen LogP contribution in [0.4, 0.5) is 11.6 Å². The molecular formula is C19H24N4O2. The Morgan fingerprint density at radius 2 is 1.80 bits per heavy atom. The van der Waals surface area contributed by atoms with Crippen molar-refractivity contribution in [3.8, 4) is 0 Å². The number of hydrogen-bond donors (Lipinski definition) is 1. The highest BCUT2D eigenvalue weighted by atomic mass is 16.7. The number of nitrogens with one attached hydrogen (secondary N) is 1. The topological polar surface area (TPSA) is 59.5 Å². The average molecular weight is 340 g/mol. The van der Waals surface area contributed by atoms with Gasteiger partial charge in [0, 0.05) is 38.5 Å². The molecule has 1 aromatic heterocycles. The maximum Gasteiger partial charge on any atom is 0.171 e. The van der Waals surface area contributed by atoms with Gasteiger partial charge in [-0.15, -0.1) is 0 Å². The van der Waals surface area contributed by atoms with Gasteiger partial charge in [-0.1, -0.05) is 30.3 Å². The molecule has 4 rings (SSSR count). The molecule has 0 atom stereocenters. The summed E-state index contributed by atoms with van der Waals surface area (Å²) in [7, 11) is 0. The summed E-state index contributed by atoms with van der Waals surface area (Å²) < 4.78 is 11.6. The largest absolute Gasteiger partial charge is 0.366 e. The molecule has 6 heteroatoms. The average Bonchev–Trinajstić information content (AvgIpc) is 3.09. The third kappa shape index (κ3) is 3.75. The summed E-state index contributed by atoms with van der Waals surface area (Å²) >= 11 is 0. The van der Waals surface area contributed by atoms with Crippen LogP contribution in [0, 0.1) is 6.92 Å². The Balaban J connectivity index is 1.43. The lowest BCUT2D eigenvalue weighted by Crippen LogP contribution is -2.45. The van der Waals surface area contributed by atoms with E-state index in [9.17, 15) is 0 Å². The van der Waals surface area contributed by atoms with Crippen molar-refractivity contribution in [2.75, 3.05) is 36.5 Å². The van der Waals surface area contributed by atoms with E-state index in [1.807, 2.05) is 31.2 Å². The predicted octanol–water partition coefficient (Wildman–Crippen LogP) is 2.74. The standard InChI is InChI=1S/C19H24N4O2/c1-15-21-17(20-14-16-5-3-2-4-6-16)13-18(22-15)23-9-7-19(8-10-23)24-11-12-25-19/h2-6,13H,7-12,14H2,1H3,(H,20,21,22). The van der Waals surface area contributed by atoms with E-state index in [4.69, 9.17) is 9.47 Å². The first-order valence-corrected chi connectivity index (χ1v) is 8.89. The number of rotatable bonds is 4. The smallest absolute Gasteiger partial charge is 0.171 e. The van der Waals surface area contributed by atoms with Gasteiger partial charge in [0.15, 0.2) is 5.79 Å². The second-order valence-corrected chi connectivity index (χ2v) is 6.59. The lowest BCUT2D eigenvalue weighted by Gasteiger charge is -2.38. The van der Waals surface area contributed by atoms with Crippen molar-refractivity contribution >= 4 is 11.6 Å². The molecule has 3 heterocycles. The van der Waals surface area contributed by atoms with Crippen molar-refractivity contribution < 1.29 is 9.47 Å². The third-order valence-electron chi connectivity index (χ3n) is 4.80. The number of benzene rings is 1. The van der Waals surface area contributed by atoms with Crippen molar-refractivity contribution in [3.05, 3.63) is 47.8 Å². The van der Waals surface area contributed by atoms with E-state index in [1.54, 1.807) is 0 Å². The Labute approximate surface area is 148 Å². The van der Waals surface area contributed by atoms with Crippen LogP contribution < -0.4 is 10.2 Å². The molecule has 0 aliphatic carbocycles. The minimum Gasteiger partial charge on any atom is -0.366 e. The van der Waals surface area contributed by atoms with Crippen LogP contribution in [0.3, 0.4) is 0 Å². The molecule has 1 spiro atoms. The second kappa shape index (κ2) is 6.98. The van der Waals surface area contributed by atoms with Crippen LogP contribution in [-0.4, -0.2) is 42.1 Å². The minimum atomic E-state index is -0.354. The third-order valence-corrected chi connectivity index (χ3v) is 4.80. The summed E-state index contributed by atoms with van der Waals surface area (Å²) in [6.45, 7) is 5.87. The Morgan fingerprint density at radius 3 is 2.52 bits per heavy atom. The van der Waals surface area contributed by atoms with Gasteiger partial charge in [0.05, 0.1) is 13.2 Å². The Hall–Kier alpha value is -2.18. The van der Waals surface area contributed by atoms with Gasteiger partial charge in [0.1, 0.15) is 17.5 Å². The van der Waals surface area contributed by atoms with Gasteiger partial charge in [-0.2, -0.15) is 0 Å². The van der Waals surface area contributed by atoms with Gasteiger partial charge in [0.25, 0.3) is 0 Å². The normalized spacial score (nSPS) is 19.3. The Bertz CT molecular complexity index is 707. The molecule has 2 aromatic rings. The van der Waals surface area contributed by atoms with E-state index in [2.05, 4.69) is 32.3 Å². The summed E-state index contributed by atoms with van der Waals surface area (Å²) in [5.41, 5.74) is 1.23. The van der Waals surface area contributed by atoms with Gasteiger partial charge < -0.3 is 19.7 Å². The van der Waals surface area contributed by atoms with Crippen molar-refractivity contribution in [1.82, 2.24) is 9.97 Å². The number of piperidine rings is 1. The van der Waals surface area contributed by atoms with Crippen molar-refractivity contribution in [3.63, 3.8) is 0 Å². The predicted molar refractivity (Wildman–Crippen MR) is 96.6 cm³/mol. The number of nitrogens with zero attached hydrogens (tertiary/aromatic N) is 3. The maximum atomic E-state index is 5.81. The van der Waals surface area contributed by atoms with Crippen molar-refractivity contribution in [2.45, 2.75) is 32.1 Å². The first-order chi connectivity index (χ1) is 12.2. The molecule has 2 aliphatic heterocycles. The first-order valence-electron chi connectivity index (χ1n) is 8.89. The highest BCUT2D eigenvalue weighted by Crippen LogP contribution is 2.33. The van der Waals surface area contributed by atoms with Gasteiger partial charge >= 0.3 is 0 Å². The molecule has 2 fully saturated rings. The molecular weight excluding hydrogens is 316 g/mol. The lowest BCUT2D eigenvalue weighted by atomic mass is 10.0. The van der Waals surface area contributed by atoms with Crippen molar-refractivity contribution in [2.24, 2.45) is 0 Å². The Kier molecular flexibility index (Phi) is 4.55. The van der Waals surface area contributed by atoms with Crippen LogP contribution in [0.1, 0.15) is 24.2 Å². The number of aromatic nitrogens is 2. The molecule has 0 saturated carbocycles.